The van der Waals surface area contributed by atoms with E-state index in [4.69, 9.17) is 4.74 Å². The molecule has 0 unspecified atom stereocenters. The molecule has 0 atom stereocenters. The van der Waals surface area contributed by atoms with E-state index in [1.54, 1.807) is 42.5 Å². The van der Waals surface area contributed by atoms with Gasteiger partial charge in [-0.25, -0.2) is 18.4 Å². The molecule has 0 fully saturated rings. The first kappa shape index (κ1) is 22.4. The van der Waals surface area contributed by atoms with Gasteiger partial charge < -0.3 is 15.0 Å². The van der Waals surface area contributed by atoms with Crippen LogP contribution in [0.4, 0.5) is 23.0 Å². The lowest BCUT2D eigenvalue weighted by Crippen LogP contribution is -2.23. The fourth-order valence-electron chi connectivity index (χ4n) is 3.15. The van der Waals surface area contributed by atoms with Crippen LogP contribution in [0.25, 0.3) is 0 Å². The van der Waals surface area contributed by atoms with Gasteiger partial charge in [-0.1, -0.05) is 12.1 Å². The van der Waals surface area contributed by atoms with Crippen molar-refractivity contribution in [1.82, 2.24) is 9.97 Å². The van der Waals surface area contributed by atoms with Crippen molar-refractivity contribution in [3.05, 3.63) is 60.4 Å². The van der Waals surface area contributed by atoms with Gasteiger partial charge >= 0.3 is 0 Å². The Morgan fingerprint density at radius 1 is 0.968 bits per heavy atom. The number of nitrogens with zero attached hydrogens (tertiary/aromatic N) is 3. The smallest absolute Gasteiger partial charge is 0.265 e. The average molecular weight is 442 g/mol. The first-order valence-corrected chi connectivity index (χ1v) is 11.5. The highest BCUT2D eigenvalue weighted by Gasteiger charge is 2.19. The number of ether oxygens (including phenoxy) is 1. The van der Waals surface area contributed by atoms with E-state index >= 15 is 0 Å². The summed E-state index contributed by atoms with van der Waals surface area (Å²) in [5.74, 6) is 2.50. The lowest BCUT2D eigenvalue weighted by molar-refractivity contribution is 0.403. The minimum atomic E-state index is -3.78. The van der Waals surface area contributed by atoms with E-state index in [9.17, 15) is 8.42 Å². The molecule has 0 bridgehead atoms. The number of hydrogen-bond acceptors (Lipinski definition) is 7. The standard InChI is InChI=1S/C22H27N5O3S/c1-5-27(6-2)22-15-21(23-16(3)24-22)25-17-11-13-18(14-12-17)26-31(28,29)20-10-8-7-9-19(20)30-4/h7-15,26H,5-6H2,1-4H3,(H,23,24,25). The van der Waals surface area contributed by atoms with Gasteiger partial charge in [0.05, 0.1) is 7.11 Å². The molecule has 0 spiro atoms. The summed E-state index contributed by atoms with van der Waals surface area (Å²) in [6, 6.07) is 15.3. The maximum absolute atomic E-state index is 12.7. The van der Waals surface area contributed by atoms with E-state index in [0.717, 1.165) is 24.6 Å². The average Bonchev–Trinajstić information content (AvgIpc) is 2.75. The van der Waals surface area contributed by atoms with Crippen LogP contribution in [0.3, 0.4) is 0 Å². The van der Waals surface area contributed by atoms with Gasteiger partial charge in [0.2, 0.25) is 0 Å². The predicted molar refractivity (Wildman–Crippen MR) is 124 cm³/mol. The van der Waals surface area contributed by atoms with Crippen LogP contribution in [0.5, 0.6) is 5.75 Å². The minimum Gasteiger partial charge on any atom is -0.495 e. The zero-order chi connectivity index (χ0) is 22.4. The highest BCUT2D eigenvalue weighted by atomic mass is 32.2. The van der Waals surface area contributed by atoms with Gasteiger partial charge in [-0.3, -0.25) is 4.72 Å². The van der Waals surface area contributed by atoms with E-state index in [1.165, 1.54) is 13.2 Å². The van der Waals surface area contributed by atoms with Crippen LogP contribution in [-0.4, -0.2) is 38.6 Å². The van der Waals surface area contributed by atoms with Crippen molar-refractivity contribution in [3.8, 4) is 5.75 Å². The summed E-state index contributed by atoms with van der Waals surface area (Å²) in [6.45, 7) is 7.73. The van der Waals surface area contributed by atoms with E-state index in [1.807, 2.05) is 13.0 Å². The SMILES string of the molecule is CCN(CC)c1cc(Nc2ccc(NS(=O)(=O)c3ccccc3OC)cc2)nc(C)n1. The third-order valence-corrected chi connectivity index (χ3v) is 6.10. The molecule has 31 heavy (non-hydrogen) atoms. The van der Waals surface area contributed by atoms with E-state index in [2.05, 4.69) is 38.8 Å². The molecule has 3 rings (SSSR count). The molecule has 3 aromatic rings. The molecule has 8 nitrogen and oxygen atoms in total. The number of methoxy groups -OCH3 is 1. The third-order valence-electron chi connectivity index (χ3n) is 4.68. The number of sulfonamides is 1. The molecule has 9 heteroatoms. The molecule has 1 aromatic heterocycles. The van der Waals surface area contributed by atoms with Crippen LogP contribution in [-0.2, 0) is 10.0 Å². The van der Waals surface area contributed by atoms with Crippen LogP contribution in [0.2, 0.25) is 0 Å². The van der Waals surface area contributed by atoms with Crippen molar-refractivity contribution in [2.24, 2.45) is 0 Å². The molecule has 0 aliphatic heterocycles. The second-order valence-electron chi connectivity index (χ2n) is 6.79. The maximum Gasteiger partial charge on any atom is 0.265 e. The van der Waals surface area contributed by atoms with Gasteiger partial charge in [-0.2, -0.15) is 0 Å². The predicted octanol–water partition coefficient (Wildman–Crippen LogP) is 4.18. The molecule has 2 aromatic carbocycles. The monoisotopic (exact) mass is 441 g/mol. The highest BCUT2D eigenvalue weighted by Crippen LogP contribution is 2.26. The molecule has 164 valence electrons. The van der Waals surface area contributed by atoms with Gasteiger partial charge in [0, 0.05) is 30.5 Å². The summed E-state index contributed by atoms with van der Waals surface area (Å²) < 4.78 is 33.2. The summed E-state index contributed by atoms with van der Waals surface area (Å²) in [5.41, 5.74) is 1.22. The summed E-state index contributed by atoms with van der Waals surface area (Å²) in [5, 5.41) is 3.25. The Labute approximate surface area is 183 Å². The summed E-state index contributed by atoms with van der Waals surface area (Å²) in [4.78, 5) is 11.2. The van der Waals surface area contributed by atoms with E-state index in [0.29, 0.717) is 17.3 Å². The summed E-state index contributed by atoms with van der Waals surface area (Å²) in [7, 11) is -2.34. The Balaban J connectivity index is 1.77. The Kier molecular flexibility index (Phi) is 6.96. The van der Waals surface area contributed by atoms with Crippen LogP contribution >= 0.6 is 0 Å². The minimum absolute atomic E-state index is 0.0834. The van der Waals surface area contributed by atoms with Gasteiger partial charge in [0.25, 0.3) is 10.0 Å². The molecule has 1 heterocycles. The van der Waals surface area contributed by atoms with Crippen molar-refractivity contribution in [1.29, 1.82) is 0 Å². The van der Waals surface area contributed by atoms with Crippen LogP contribution in [0.15, 0.2) is 59.5 Å². The molecule has 0 aliphatic rings. The van der Waals surface area contributed by atoms with E-state index < -0.39 is 10.0 Å². The lowest BCUT2D eigenvalue weighted by atomic mass is 10.3. The van der Waals surface area contributed by atoms with Crippen molar-refractivity contribution in [3.63, 3.8) is 0 Å². The largest absolute Gasteiger partial charge is 0.495 e. The number of aryl methyl sites for hydroxylation is 1. The topological polar surface area (TPSA) is 96.5 Å². The van der Waals surface area contributed by atoms with Gasteiger partial charge in [-0.05, 0) is 57.2 Å². The molecule has 0 saturated heterocycles. The number of para-hydroxylation sites is 1. The molecular weight excluding hydrogens is 414 g/mol. The number of rotatable bonds is 9. The quantitative estimate of drug-likeness (QED) is 0.514. The van der Waals surface area contributed by atoms with Crippen molar-refractivity contribution in [2.75, 3.05) is 35.1 Å². The number of aromatic nitrogens is 2. The van der Waals surface area contributed by atoms with Gasteiger partial charge in [0.15, 0.2) is 0 Å². The Morgan fingerprint density at radius 2 is 1.61 bits per heavy atom. The fraction of sp³-hybridized carbons (Fsp3) is 0.273. The molecule has 0 radical (unpaired) electrons. The maximum atomic E-state index is 12.7. The van der Waals surface area contributed by atoms with E-state index in [-0.39, 0.29) is 10.6 Å². The summed E-state index contributed by atoms with van der Waals surface area (Å²) in [6.07, 6.45) is 0. The van der Waals surface area contributed by atoms with Crippen LogP contribution < -0.4 is 19.7 Å². The molecule has 0 amide bonds. The Bertz CT molecular complexity index is 1130. The second kappa shape index (κ2) is 9.65. The first-order chi connectivity index (χ1) is 14.9. The second-order valence-corrected chi connectivity index (χ2v) is 8.44. The normalized spacial score (nSPS) is 11.1. The Morgan fingerprint density at radius 3 is 2.26 bits per heavy atom. The first-order valence-electron chi connectivity index (χ1n) is 9.99. The Hall–Kier alpha value is -3.33. The highest BCUT2D eigenvalue weighted by molar-refractivity contribution is 7.92. The summed E-state index contributed by atoms with van der Waals surface area (Å²) >= 11 is 0. The molecule has 0 saturated carbocycles. The lowest BCUT2D eigenvalue weighted by Gasteiger charge is -2.20. The molecule has 0 aliphatic carbocycles. The zero-order valence-electron chi connectivity index (χ0n) is 18.1. The van der Waals surface area contributed by atoms with Crippen LogP contribution in [0, 0.1) is 6.92 Å². The zero-order valence-corrected chi connectivity index (χ0v) is 18.9. The number of nitrogens with one attached hydrogen (secondary N) is 2. The van der Waals surface area contributed by atoms with Crippen molar-refractivity contribution in [2.45, 2.75) is 25.7 Å². The molecule has 2 N–H and O–H groups in total. The van der Waals surface area contributed by atoms with Crippen molar-refractivity contribution < 1.29 is 13.2 Å². The third kappa shape index (κ3) is 5.43. The molecular formula is C22H27N5O3S. The number of hydrogen-bond donors (Lipinski definition) is 2. The number of anilines is 4. The van der Waals surface area contributed by atoms with Gasteiger partial charge in [-0.15, -0.1) is 0 Å². The van der Waals surface area contributed by atoms with Crippen LogP contribution in [0.1, 0.15) is 19.7 Å². The van der Waals surface area contributed by atoms with Gasteiger partial charge in [0.1, 0.15) is 28.1 Å². The fourth-order valence-corrected chi connectivity index (χ4v) is 4.38. The number of benzene rings is 2. The van der Waals surface area contributed by atoms with Crippen molar-refractivity contribution >= 4 is 33.0 Å².